The van der Waals surface area contributed by atoms with Crippen LogP contribution in [0.5, 0.6) is 0 Å². The molecule has 2 rings (SSSR count). The van der Waals surface area contributed by atoms with Crippen LogP contribution in [0.1, 0.15) is 53.9 Å². The zero-order valence-corrected chi connectivity index (χ0v) is 13.3. The number of hydrogen-bond donors (Lipinski definition) is 1. The van der Waals surface area contributed by atoms with Crippen LogP contribution in [-0.4, -0.2) is 34.8 Å². The van der Waals surface area contributed by atoms with E-state index in [1.165, 1.54) is 0 Å². The first-order valence-electron chi connectivity index (χ1n) is 8.01. The maximum absolute atomic E-state index is 12.8. The van der Waals surface area contributed by atoms with Gasteiger partial charge in [-0.25, -0.2) is 0 Å². The van der Waals surface area contributed by atoms with Crippen LogP contribution >= 0.6 is 0 Å². The van der Waals surface area contributed by atoms with Gasteiger partial charge in [-0.15, -0.1) is 0 Å². The number of piperazine rings is 1. The summed E-state index contributed by atoms with van der Waals surface area (Å²) in [5.74, 6) is 1.40. The molecule has 1 N–H and O–H groups in total. The molecule has 0 bridgehead atoms. The molecular formula is C16H28N2O2. The fraction of sp³-hybridized carbons (Fsp3) is 0.875. The van der Waals surface area contributed by atoms with Crippen molar-refractivity contribution in [1.82, 2.24) is 10.2 Å². The van der Waals surface area contributed by atoms with Gasteiger partial charge < -0.3 is 10.2 Å². The van der Waals surface area contributed by atoms with E-state index in [-0.39, 0.29) is 35.9 Å². The third-order valence-corrected chi connectivity index (χ3v) is 5.29. The Morgan fingerprint density at radius 3 is 2.35 bits per heavy atom. The first-order chi connectivity index (χ1) is 9.38. The van der Waals surface area contributed by atoms with E-state index in [2.05, 4.69) is 19.2 Å². The summed E-state index contributed by atoms with van der Waals surface area (Å²) < 4.78 is 0. The normalized spacial score (nSPS) is 38.5. The molecule has 2 fully saturated rings. The van der Waals surface area contributed by atoms with Crippen LogP contribution in [0.3, 0.4) is 0 Å². The molecule has 1 aliphatic carbocycles. The molecule has 1 saturated carbocycles. The van der Waals surface area contributed by atoms with Crippen LogP contribution in [0.25, 0.3) is 0 Å². The molecule has 1 heterocycles. The lowest BCUT2D eigenvalue weighted by Crippen LogP contribution is -2.67. The molecule has 0 radical (unpaired) electrons. The highest BCUT2D eigenvalue weighted by atomic mass is 16.2. The second-order valence-electron chi connectivity index (χ2n) is 6.88. The molecule has 5 unspecified atom stereocenters. The Bertz CT molecular complexity index is 394. The van der Waals surface area contributed by atoms with Gasteiger partial charge in [0.1, 0.15) is 12.1 Å². The highest BCUT2D eigenvalue weighted by Crippen LogP contribution is 2.37. The lowest BCUT2D eigenvalue weighted by atomic mass is 9.91. The topological polar surface area (TPSA) is 49.4 Å². The van der Waals surface area contributed by atoms with Gasteiger partial charge in [-0.1, -0.05) is 34.6 Å². The predicted molar refractivity (Wildman–Crippen MR) is 79.0 cm³/mol. The van der Waals surface area contributed by atoms with Crippen LogP contribution in [0.4, 0.5) is 0 Å². The largest absolute Gasteiger partial charge is 0.342 e. The van der Waals surface area contributed by atoms with E-state index in [0.717, 1.165) is 12.8 Å². The monoisotopic (exact) mass is 280 g/mol. The number of nitrogens with one attached hydrogen (secondary N) is 1. The molecule has 0 aromatic rings. The van der Waals surface area contributed by atoms with Gasteiger partial charge in [0.25, 0.3) is 0 Å². The van der Waals surface area contributed by atoms with E-state index in [4.69, 9.17) is 0 Å². The summed E-state index contributed by atoms with van der Waals surface area (Å²) in [6.45, 7) is 10.4. The van der Waals surface area contributed by atoms with Crippen molar-refractivity contribution in [3.63, 3.8) is 0 Å². The molecule has 2 aliphatic rings. The SMILES string of the molecule is CCC1C(=O)NC(C(C)C)C(=O)N1C1CCC(C)C1C. The van der Waals surface area contributed by atoms with Crippen molar-refractivity contribution >= 4 is 11.8 Å². The van der Waals surface area contributed by atoms with Gasteiger partial charge in [-0.3, -0.25) is 9.59 Å². The van der Waals surface area contributed by atoms with Crippen LogP contribution in [-0.2, 0) is 9.59 Å². The Labute approximate surface area is 122 Å². The molecule has 2 amide bonds. The van der Waals surface area contributed by atoms with Crippen molar-refractivity contribution in [3.8, 4) is 0 Å². The minimum absolute atomic E-state index is 0.0255. The van der Waals surface area contributed by atoms with Crippen molar-refractivity contribution in [2.24, 2.45) is 17.8 Å². The highest BCUT2D eigenvalue weighted by Gasteiger charge is 2.47. The van der Waals surface area contributed by atoms with Crippen molar-refractivity contribution < 1.29 is 9.59 Å². The van der Waals surface area contributed by atoms with Crippen LogP contribution in [0, 0.1) is 17.8 Å². The Hall–Kier alpha value is -1.06. The van der Waals surface area contributed by atoms with Crippen molar-refractivity contribution in [2.45, 2.75) is 72.0 Å². The minimum atomic E-state index is -0.353. The lowest BCUT2D eigenvalue weighted by molar-refractivity contribution is -0.154. The summed E-state index contributed by atoms with van der Waals surface area (Å²) in [5.41, 5.74) is 0. The van der Waals surface area contributed by atoms with Gasteiger partial charge in [-0.05, 0) is 37.0 Å². The Kier molecular flexibility index (Phi) is 4.40. The highest BCUT2D eigenvalue weighted by molar-refractivity contribution is 5.97. The van der Waals surface area contributed by atoms with Gasteiger partial charge in [0.05, 0.1) is 0 Å². The summed E-state index contributed by atoms with van der Waals surface area (Å²) in [6.07, 6.45) is 2.88. The van der Waals surface area contributed by atoms with E-state index in [1.54, 1.807) is 0 Å². The fourth-order valence-electron chi connectivity index (χ4n) is 3.71. The number of hydrogen-bond acceptors (Lipinski definition) is 2. The molecule has 0 spiro atoms. The summed E-state index contributed by atoms with van der Waals surface area (Å²) in [7, 11) is 0. The summed E-state index contributed by atoms with van der Waals surface area (Å²) in [4.78, 5) is 27.1. The molecular weight excluding hydrogens is 252 g/mol. The standard InChI is InChI=1S/C16H28N2O2/c1-6-12-15(19)17-14(9(2)3)16(20)18(12)13-8-7-10(4)11(13)5/h9-14H,6-8H2,1-5H3,(H,17,19). The predicted octanol–water partition coefficient (Wildman–Crippen LogP) is 2.18. The van der Waals surface area contributed by atoms with E-state index >= 15 is 0 Å². The maximum Gasteiger partial charge on any atom is 0.246 e. The fourth-order valence-corrected chi connectivity index (χ4v) is 3.71. The lowest BCUT2D eigenvalue weighted by Gasteiger charge is -2.44. The smallest absolute Gasteiger partial charge is 0.246 e. The van der Waals surface area contributed by atoms with Gasteiger partial charge in [0, 0.05) is 6.04 Å². The van der Waals surface area contributed by atoms with Crippen LogP contribution in [0.2, 0.25) is 0 Å². The zero-order chi connectivity index (χ0) is 15.0. The van der Waals surface area contributed by atoms with E-state index in [0.29, 0.717) is 18.3 Å². The summed E-state index contributed by atoms with van der Waals surface area (Å²) in [6, 6.07) is -0.404. The number of amides is 2. The van der Waals surface area contributed by atoms with Crippen molar-refractivity contribution in [2.75, 3.05) is 0 Å². The molecule has 4 nitrogen and oxygen atoms in total. The van der Waals surface area contributed by atoms with Gasteiger partial charge in [0.2, 0.25) is 11.8 Å². The van der Waals surface area contributed by atoms with Crippen molar-refractivity contribution in [3.05, 3.63) is 0 Å². The second kappa shape index (κ2) is 5.74. The van der Waals surface area contributed by atoms with E-state index < -0.39 is 0 Å². The van der Waals surface area contributed by atoms with Gasteiger partial charge in [-0.2, -0.15) is 0 Å². The summed E-state index contributed by atoms with van der Waals surface area (Å²) in [5, 5.41) is 2.92. The second-order valence-corrected chi connectivity index (χ2v) is 6.88. The number of carbonyl (C=O) groups is 2. The summed E-state index contributed by atoms with van der Waals surface area (Å²) >= 11 is 0. The van der Waals surface area contributed by atoms with Gasteiger partial charge in [0.15, 0.2) is 0 Å². The average molecular weight is 280 g/mol. The molecule has 0 aromatic heterocycles. The number of carbonyl (C=O) groups excluding carboxylic acids is 2. The molecule has 4 heteroatoms. The first-order valence-corrected chi connectivity index (χ1v) is 8.01. The minimum Gasteiger partial charge on any atom is -0.342 e. The average Bonchev–Trinajstić information content (AvgIpc) is 2.71. The van der Waals surface area contributed by atoms with Gasteiger partial charge >= 0.3 is 0 Å². The molecule has 20 heavy (non-hydrogen) atoms. The molecule has 1 saturated heterocycles. The third kappa shape index (κ3) is 2.45. The Morgan fingerprint density at radius 1 is 1.25 bits per heavy atom. The number of rotatable bonds is 3. The first kappa shape index (κ1) is 15.3. The zero-order valence-electron chi connectivity index (χ0n) is 13.3. The Morgan fingerprint density at radius 2 is 1.90 bits per heavy atom. The van der Waals surface area contributed by atoms with Crippen LogP contribution < -0.4 is 5.32 Å². The number of nitrogens with zero attached hydrogens (tertiary/aromatic N) is 1. The van der Waals surface area contributed by atoms with E-state index in [1.807, 2.05) is 25.7 Å². The van der Waals surface area contributed by atoms with Crippen molar-refractivity contribution in [1.29, 1.82) is 0 Å². The molecule has 1 aliphatic heterocycles. The third-order valence-electron chi connectivity index (χ3n) is 5.29. The molecule has 0 aromatic carbocycles. The molecule has 5 atom stereocenters. The van der Waals surface area contributed by atoms with E-state index in [9.17, 15) is 9.59 Å². The Balaban J connectivity index is 2.29. The van der Waals surface area contributed by atoms with Crippen LogP contribution in [0.15, 0.2) is 0 Å². The quantitative estimate of drug-likeness (QED) is 0.861. The maximum atomic E-state index is 12.8. The molecule has 114 valence electrons.